The van der Waals surface area contributed by atoms with Crippen LogP contribution in [0.5, 0.6) is 0 Å². The molecule has 258 valence electrons. The molecular formula is C52H34N2S. The van der Waals surface area contributed by atoms with Gasteiger partial charge in [-0.1, -0.05) is 133 Å². The van der Waals surface area contributed by atoms with Crippen molar-refractivity contribution in [3.05, 3.63) is 206 Å². The molecule has 9 aromatic carbocycles. The minimum atomic E-state index is 1.12. The number of rotatable bonds is 6. The van der Waals surface area contributed by atoms with Crippen molar-refractivity contribution in [2.24, 2.45) is 0 Å². The first-order chi connectivity index (χ1) is 27.3. The van der Waals surface area contributed by atoms with Gasteiger partial charge in [0.25, 0.3) is 0 Å². The molecule has 2 heterocycles. The number of hydrogen-bond donors (Lipinski definition) is 0. The Bertz CT molecular complexity index is 3180. The Morgan fingerprint density at radius 2 is 0.927 bits per heavy atom. The van der Waals surface area contributed by atoms with Gasteiger partial charge in [-0.2, -0.15) is 0 Å². The highest BCUT2D eigenvalue weighted by atomic mass is 32.1. The van der Waals surface area contributed by atoms with Crippen molar-refractivity contribution in [3.63, 3.8) is 0 Å². The quantitative estimate of drug-likeness (QED) is 0.166. The summed E-state index contributed by atoms with van der Waals surface area (Å²) in [5.74, 6) is 0. The summed E-state index contributed by atoms with van der Waals surface area (Å²) in [5, 5.41) is 7.58. The Balaban J connectivity index is 0.959. The lowest BCUT2D eigenvalue weighted by atomic mass is 9.98. The largest absolute Gasteiger partial charge is 0.310 e. The zero-order chi connectivity index (χ0) is 36.3. The number of benzene rings is 9. The standard InChI is InChI=1S/C52H34N2S/c1-2-13-40(14-3-1)54-49-18-8-6-16-44(49)46-33-39(27-31-50(46)54)37-23-21-35(22-24-37)36-25-28-41(29-26-36)53(48-19-10-12-38-11-4-5-15-43(38)48)42-30-32-52-47(34-42)45-17-7-9-20-51(45)55-52/h1-34H. The fourth-order valence-corrected chi connectivity index (χ4v) is 9.44. The van der Waals surface area contributed by atoms with Gasteiger partial charge in [0.1, 0.15) is 0 Å². The molecule has 0 atom stereocenters. The van der Waals surface area contributed by atoms with E-state index in [2.05, 4.69) is 216 Å². The lowest BCUT2D eigenvalue weighted by Gasteiger charge is -2.27. The molecule has 11 aromatic rings. The second kappa shape index (κ2) is 12.9. The molecule has 2 aromatic heterocycles. The molecule has 2 nitrogen and oxygen atoms in total. The second-order valence-electron chi connectivity index (χ2n) is 14.2. The van der Waals surface area contributed by atoms with Crippen molar-refractivity contribution in [3.8, 4) is 27.9 Å². The van der Waals surface area contributed by atoms with Crippen LogP contribution in [-0.4, -0.2) is 4.57 Å². The summed E-state index contributed by atoms with van der Waals surface area (Å²) >= 11 is 1.86. The summed E-state index contributed by atoms with van der Waals surface area (Å²) in [6, 6.07) is 75.1. The third-order valence-electron chi connectivity index (χ3n) is 11.0. The molecule has 0 bridgehead atoms. The van der Waals surface area contributed by atoms with Crippen LogP contribution in [0.1, 0.15) is 0 Å². The van der Waals surface area contributed by atoms with E-state index < -0.39 is 0 Å². The van der Waals surface area contributed by atoms with E-state index in [1.165, 1.54) is 80.7 Å². The van der Waals surface area contributed by atoms with Crippen molar-refractivity contribution in [1.29, 1.82) is 0 Å². The highest BCUT2D eigenvalue weighted by Gasteiger charge is 2.18. The maximum atomic E-state index is 2.41. The van der Waals surface area contributed by atoms with Crippen LogP contribution in [0.25, 0.3) is 80.7 Å². The molecule has 11 rings (SSSR count). The first kappa shape index (κ1) is 31.6. The summed E-state index contributed by atoms with van der Waals surface area (Å²) in [6.07, 6.45) is 0. The third kappa shape index (κ3) is 5.32. The Morgan fingerprint density at radius 1 is 0.345 bits per heavy atom. The van der Waals surface area contributed by atoms with E-state index in [0.29, 0.717) is 0 Å². The summed E-state index contributed by atoms with van der Waals surface area (Å²) in [5.41, 5.74) is 11.9. The first-order valence-electron chi connectivity index (χ1n) is 18.8. The first-order valence-corrected chi connectivity index (χ1v) is 19.6. The Morgan fingerprint density at radius 3 is 1.75 bits per heavy atom. The molecule has 55 heavy (non-hydrogen) atoms. The van der Waals surface area contributed by atoms with Crippen LogP contribution >= 0.6 is 11.3 Å². The van der Waals surface area contributed by atoms with E-state index in [1.54, 1.807) is 0 Å². The van der Waals surface area contributed by atoms with E-state index in [1.807, 2.05) is 11.3 Å². The van der Waals surface area contributed by atoms with Crippen LogP contribution in [0.2, 0.25) is 0 Å². The number of fused-ring (bicyclic) bond motifs is 7. The highest BCUT2D eigenvalue weighted by Crippen LogP contribution is 2.43. The number of nitrogens with zero attached hydrogens (tertiary/aromatic N) is 2. The van der Waals surface area contributed by atoms with Gasteiger partial charge in [-0.05, 0) is 100 Å². The van der Waals surface area contributed by atoms with Crippen molar-refractivity contribution >= 4 is 81.1 Å². The van der Waals surface area contributed by atoms with Gasteiger partial charge in [0.2, 0.25) is 0 Å². The predicted molar refractivity (Wildman–Crippen MR) is 237 cm³/mol. The summed E-state index contributed by atoms with van der Waals surface area (Å²) in [6.45, 7) is 0. The van der Waals surface area contributed by atoms with Crippen LogP contribution in [0.3, 0.4) is 0 Å². The lowest BCUT2D eigenvalue weighted by molar-refractivity contribution is 1.18. The maximum absolute atomic E-state index is 2.41. The van der Waals surface area contributed by atoms with Crippen molar-refractivity contribution in [1.82, 2.24) is 4.57 Å². The summed E-state index contributed by atoms with van der Waals surface area (Å²) in [7, 11) is 0. The van der Waals surface area contributed by atoms with Crippen LogP contribution in [-0.2, 0) is 0 Å². The highest BCUT2D eigenvalue weighted by molar-refractivity contribution is 7.25. The molecule has 0 amide bonds. The third-order valence-corrected chi connectivity index (χ3v) is 12.1. The van der Waals surface area contributed by atoms with Crippen molar-refractivity contribution in [2.45, 2.75) is 0 Å². The van der Waals surface area contributed by atoms with Crippen LogP contribution < -0.4 is 4.90 Å². The summed E-state index contributed by atoms with van der Waals surface area (Å²) < 4.78 is 4.99. The van der Waals surface area contributed by atoms with Crippen LogP contribution in [0.15, 0.2) is 206 Å². The molecule has 0 saturated carbocycles. The van der Waals surface area contributed by atoms with E-state index >= 15 is 0 Å². The minimum absolute atomic E-state index is 1.12. The van der Waals surface area contributed by atoms with Gasteiger partial charge < -0.3 is 9.47 Å². The SMILES string of the molecule is c1ccc(-n2c3ccccc3c3cc(-c4ccc(-c5ccc(N(c6ccc7sc8ccccc8c7c6)c6cccc7ccccc67)cc5)cc4)ccc32)cc1. The molecule has 0 spiro atoms. The molecule has 0 aliphatic heterocycles. The average Bonchev–Trinajstić information content (AvgIpc) is 3.80. The normalized spacial score (nSPS) is 11.6. The van der Waals surface area contributed by atoms with Gasteiger partial charge in [-0.15, -0.1) is 11.3 Å². The van der Waals surface area contributed by atoms with Gasteiger partial charge in [-0.3, -0.25) is 0 Å². The fraction of sp³-hybridized carbons (Fsp3) is 0. The van der Waals surface area contributed by atoms with E-state index in [4.69, 9.17) is 0 Å². The predicted octanol–water partition coefficient (Wildman–Crippen LogP) is 15.1. The second-order valence-corrected chi connectivity index (χ2v) is 15.2. The zero-order valence-corrected chi connectivity index (χ0v) is 30.7. The minimum Gasteiger partial charge on any atom is -0.310 e. The van der Waals surface area contributed by atoms with Gasteiger partial charge in [-0.25, -0.2) is 0 Å². The van der Waals surface area contributed by atoms with Crippen molar-refractivity contribution < 1.29 is 0 Å². The smallest absolute Gasteiger partial charge is 0.0541 e. The molecule has 3 heteroatoms. The zero-order valence-electron chi connectivity index (χ0n) is 29.9. The van der Waals surface area contributed by atoms with E-state index in [9.17, 15) is 0 Å². The number of anilines is 3. The average molecular weight is 719 g/mol. The Labute approximate surface area is 323 Å². The molecule has 0 aliphatic rings. The number of aromatic nitrogens is 1. The van der Waals surface area contributed by atoms with Crippen molar-refractivity contribution in [2.75, 3.05) is 4.90 Å². The van der Waals surface area contributed by atoms with Gasteiger partial charge in [0.05, 0.1) is 16.7 Å². The molecule has 0 saturated heterocycles. The van der Waals surface area contributed by atoms with Gasteiger partial charge >= 0.3 is 0 Å². The topological polar surface area (TPSA) is 8.17 Å². The van der Waals surface area contributed by atoms with E-state index in [-0.39, 0.29) is 0 Å². The monoisotopic (exact) mass is 718 g/mol. The maximum Gasteiger partial charge on any atom is 0.0541 e. The molecule has 0 unspecified atom stereocenters. The van der Waals surface area contributed by atoms with Gasteiger partial charge in [0, 0.05) is 53.4 Å². The molecular weight excluding hydrogens is 685 g/mol. The van der Waals surface area contributed by atoms with Gasteiger partial charge in [0.15, 0.2) is 0 Å². The Hall–Kier alpha value is -6.94. The van der Waals surface area contributed by atoms with Crippen LogP contribution in [0.4, 0.5) is 17.1 Å². The molecule has 0 aliphatic carbocycles. The number of para-hydroxylation sites is 2. The van der Waals surface area contributed by atoms with Crippen LogP contribution in [0, 0.1) is 0 Å². The lowest BCUT2D eigenvalue weighted by Crippen LogP contribution is -2.10. The molecule has 0 N–H and O–H groups in total. The molecule has 0 fully saturated rings. The Kier molecular flexibility index (Phi) is 7.39. The van der Waals surface area contributed by atoms with E-state index in [0.717, 1.165) is 17.1 Å². The summed E-state index contributed by atoms with van der Waals surface area (Å²) in [4.78, 5) is 2.41. The fourth-order valence-electron chi connectivity index (χ4n) is 8.35. The molecule has 0 radical (unpaired) electrons. The number of thiophene rings is 1. The number of hydrogen-bond acceptors (Lipinski definition) is 2.